The van der Waals surface area contributed by atoms with Gasteiger partial charge >= 0.3 is 5.97 Å². The summed E-state index contributed by atoms with van der Waals surface area (Å²) in [5.41, 5.74) is -0.520. The van der Waals surface area contributed by atoms with Gasteiger partial charge in [0.05, 0.1) is 6.10 Å². The van der Waals surface area contributed by atoms with Crippen LogP contribution in [0.25, 0.3) is 0 Å². The summed E-state index contributed by atoms with van der Waals surface area (Å²) in [5.74, 6) is 0.550. The number of aliphatic carboxylic acids is 1. The van der Waals surface area contributed by atoms with E-state index in [0.717, 1.165) is 25.7 Å². The zero-order valence-electron chi connectivity index (χ0n) is 18.0. The predicted octanol–water partition coefficient (Wildman–Crippen LogP) is 3.87. The van der Waals surface area contributed by atoms with Crippen molar-refractivity contribution in [2.24, 2.45) is 46.3 Å². The number of aliphatic hydroxyl groups is 1. The average Bonchev–Trinajstić information content (AvgIpc) is 3.01. The van der Waals surface area contributed by atoms with E-state index in [-0.39, 0.29) is 53.4 Å². The summed E-state index contributed by atoms with van der Waals surface area (Å²) in [6, 6.07) is 0. The number of Topliss-reactive ketones (excluding diaryl/α,β-unsaturated/α-hetero) is 2. The average molecular weight is 405 g/mol. The van der Waals surface area contributed by atoms with E-state index in [1.54, 1.807) is 0 Å². The molecule has 4 aliphatic carbocycles. The monoisotopic (exact) mass is 404 g/mol. The second-order valence-corrected chi connectivity index (χ2v) is 11.0. The molecule has 0 unspecified atom stereocenters. The largest absolute Gasteiger partial charge is 0.481 e. The first-order valence-electron chi connectivity index (χ1n) is 11.5. The van der Waals surface area contributed by atoms with Gasteiger partial charge in [0, 0.05) is 30.6 Å². The normalized spacial score (nSPS) is 47.9. The number of ketones is 2. The highest BCUT2D eigenvalue weighted by Crippen LogP contribution is 2.66. The van der Waals surface area contributed by atoms with Gasteiger partial charge in [-0.2, -0.15) is 0 Å². The second kappa shape index (κ2) is 7.18. The van der Waals surface area contributed by atoms with Crippen LogP contribution in [0, 0.1) is 46.3 Å². The molecular formula is C24H36O5. The minimum Gasteiger partial charge on any atom is -0.481 e. The van der Waals surface area contributed by atoms with Crippen molar-refractivity contribution in [3.05, 3.63) is 0 Å². The number of hydrogen-bond acceptors (Lipinski definition) is 4. The Balaban J connectivity index is 1.62. The molecule has 0 aromatic heterocycles. The van der Waals surface area contributed by atoms with Crippen LogP contribution in [0.15, 0.2) is 0 Å². The highest BCUT2D eigenvalue weighted by Gasteiger charge is 2.66. The van der Waals surface area contributed by atoms with Crippen LogP contribution < -0.4 is 0 Å². The fourth-order valence-corrected chi connectivity index (χ4v) is 8.13. The van der Waals surface area contributed by atoms with E-state index in [0.29, 0.717) is 37.2 Å². The molecule has 0 bridgehead atoms. The zero-order chi connectivity index (χ0) is 21.1. The fraction of sp³-hybridized carbons (Fsp3) is 0.875. The third-order valence-electron chi connectivity index (χ3n) is 9.87. The molecule has 0 aromatic carbocycles. The van der Waals surface area contributed by atoms with Crippen molar-refractivity contribution in [1.29, 1.82) is 0 Å². The predicted molar refractivity (Wildman–Crippen MR) is 108 cm³/mol. The maximum Gasteiger partial charge on any atom is 0.303 e. The molecule has 0 spiro atoms. The molecule has 2 N–H and O–H groups in total. The topological polar surface area (TPSA) is 91.7 Å². The second-order valence-electron chi connectivity index (χ2n) is 11.0. The number of rotatable bonds is 4. The molecule has 0 amide bonds. The van der Waals surface area contributed by atoms with Gasteiger partial charge in [0.2, 0.25) is 0 Å². The van der Waals surface area contributed by atoms with Crippen molar-refractivity contribution < 1.29 is 24.6 Å². The van der Waals surface area contributed by atoms with Gasteiger partial charge < -0.3 is 10.2 Å². The van der Waals surface area contributed by atoms with Crippen molar-refractivity contribution >= 4 is 17.5 Å². The maximum atomic E-state index is 13.6. The van der Waals surface area contributed by atoms with E-state index in [1.807, 2.05) is 0 Å². The minimum atomic E-state index is -0.785. The van der Waals surface area contributed by atoms with Gasteiger partial charge in [-0.1, -0.05) is 20.8 Å². The number of carboxylic acids is 1. The minimum absolute atomic E-state index is 0.0260. The van der Waals surface area contributed by atoms with Crippen molar-refractivity contribution in [3.63, 3.8) is 0 Å². The Morgan fingerprint density at radius 2 is 1.86 bits per heavy atom. The molecule has 4 fully saturated rings. The third-order valence-corrected chi connectivity index (χ3v) is 9.87. The number of carbonyl (C=O) groups is 3. The van der Waals surface area contributed by atoms with E-state index in [1.165, 1.54) is 0 Å². The summed E-state index contributed by atoms with van der Waals surface area (Å²) in [7, 11) is 0. The Morgan fingerprint density at radius 1 is 1.14 bits per heavy atom. The molecule has 4 rings (SSSR count). The number of fused-ring (bicyclic) bond motifs is 5. The standard InChI is InChI=1S/C24H36O5/c1-13(4-7-21(28)29)16-5-6-17-22-18(12-20(27)24(16,17)3)23(2)9-8-15(25)10-14(23)11-19(22)26/h13-18,22,25H,4-12H2,1-3H3,(H,28,29)/t13-,14+,15-,16-,17+,18+,22+,23+,24-/m1/s1. The third kappa shape index (κ3) is 3.10. The Labute approximate surface area is 173 Å². The van der Waals surface area contributed by atoms with E-state index in [2.05, 4.69) is 20.8 Å². The van der Waals surface area contributed by atoms with Gasteiger partial charge in [0.1, 0.15) is 11.6 Å². The Bertz CT molecular complexity index is 716. The zero-order valence-corrected chi connectivity index (χ0v) is 18.0. The van der Waals surface area contributed by atoms with Gasteiger partial charge in [-0.25, -0.2) is 0 Å². The van der Waals surface area contributed by atoms with Crippen LogP contribution in [0.1, 0.15) is 78.6 Å². The lowest BCUT2D eigenvalue weighted by Gasteiger charge is -2.59. The van der Waals surface area contributed by atoms with Crippen molar-refractivity contribution in [2.75, 3.05) is 0 Å². The van der Waals surface area contributed by atoms with Gasteiger partial charge in [-0.15, -0.1) is 0 Å². The molecule has 4 aliphatic rings. The van der Waals surface area contributed by atoms with E-state index < -0.39 is 11.4 Å². The molecule has 0 aliphatic heterocycles. The Kier molecular flexibility index (Phi) is 5.20. The highest BCUT2D eigenvalue weighted by atomic mass is 16.4. The van der Waals surface area contributed by atoms with Crippen molar-refractivity contribution in [1.82, 2.24) is 0 Å². The van der Waals surface area contributed by atoms with Gasteiger partial charge in [-0.05, 0) is 73.5 Å². The molecule has 4 saturated carbocycles. The van der Waals surface area contributed by atoms with Crippen molar-refractivity contribution in [2.45, 2.75) is 84.7 Å². The summed E-state index contributed by atoms with van der Waals surface area (Å²) in [4.78, 5) is 38.0. The van der Waals surface area contributed by atoms with Crippen LogP contribution in [-0.4, -0.2) is 33.9 Å². The molecular weight excluding hydrogens is 368 g/mol. The van der Waals surface area contributed by atoms with Gasteiger partial charge in [0.25, 0.3) is 0 Å². The maximum absolute atomic E-state index is 13.6. The summed E-state index contributed by atoms with van der Waals surface area (Å²) in [6.07, 6.45) is 5.64. The van der Waals surface area contributed by atoms with E-state index in [9.17, 15) is 19.5 Å². The van der Waals surface area contributed by atoms with Crippen LogP contribution in [0.3, 0.4) is 0 Å². The summed E-state index contributed by atoms with van der Waals surface area (Å²) in [6.45, 7) is 6.44. The van der Waals surface area contributed by atoms with Crippen LogP contribution >= 0.6 is 0 Å². The molecule has 0 saturated heterocycles. The summed E-state index contributed by atoms with van der Waals surface area (Å²) in [5, 5.41) is 19.2. The quantitative estimate of drug-likeness (QED) is 0.742. The fourth-order valence-electron chi connectivity index (χ4n) is 8.13. The summed E-state index contributed by atoms with van der Waals surface area (Å²) >= 11 is 0. The van der Waals surface area contributed by atoms with E-state index in [4.69, 9.17) is 5.11 Å². The van der Waals surface area contributed by atoms with Crippen LogP contribution in [0.5, 0.6) is 0 Å². The van der Waals surface area contributed by atoms with Crippen molar-refractivity contribution in [3.8, 4) is 0 Å². The molecule has 5 nitrogen and oxygen atoms in total. The molecule has 0 heterocycles. The highest BCUT2D eigenvalue weighted by molar-refractivity contribution is 5.92. The van der Waals surface area contributed by atoms with Gasteiger partial charge in [-0.3, -0.25) is 14.4 Å². The number of aliphatic hydroxyl groups excluding tert-OH is 1. The first-order chi connectivity index (χ1) is 13.6. The SMILES string of the molecule is C[C@H](CCC(=O)O)[C@H]1CC[C@H]2[C@@H]3C(=O)C[C@@H]4C[C@H](O)CC[C@]4(C)[C@H]3CC(=O)[C@]12C. The molecule has 0 aromatic rings. The van der Waals surface area contributed by atoms with Crippen LogP contribution in [-0.2, 0) is 14.4 Å². The Morgan fingerprint density at radius 3 is 2.55 bits per heavy atom. The summed E-state index contributed by atoms with van der Waals surface area (Å²) < 4.78 is 0. The lowest BCUT2D eigenvalue weighted by Crippen LogP contribution is -2.60. The van der Waals surface area contributed by atoms with Gasteiger partial charge in [0.15, 0.2) is 0 Å². The lowest BCUT2D eigenvalue weighted by atomic mass is 9.43. The Hall–Kier alpha value is -1.23. The first-order valence-corrected chi connectivity index (χ1v) is 11.5. The lowest BCUT2D eigenvalue weighted by molar-refractivity contribution is -0.168. The number of hydrogen-bond donors (Lipinski definition) is 2. The molecule has 5 heteroatoms. The van der Waals surface area contributed by atoms with Crippen LogP contribution in [0.2, 0.25) is 0 Å². The van der Waals surface area contributed by atoms with Crippen LogP contribution in [0.4, 0.5) is 0 Å². The molecule has 0 radical (unpaired) electrons. The smallest absolute Gasteiger partial charge is 0.303 e. The number of carboxylic acid groups (broad SMARTS) is 1. The molecule has 9 atom stereocenters. The first kappa shape index (κ1) is 21.0. The molecule has 162 valence electrons. The number of carbonyl (C=O) groups excluding carboxylic acids is 2. The molecule has 29 heavy (non-hydrogen) atoms. The van der Waals surface area contributed by atoms with E-state index >= 15 is 0 Å².